The van der Waals surface area contributed by atoms with Crippen LogP contribution in [0.2, 0.25) is 0 Å². The monoisotopic (exact) mass is 301 g/mol. The third kappa shape index (κ3) is 3.71. The molecule has 1 aromatic rings. The molecule has 1 unspecified atom stereocenters. The fourth-order valence-electron chi connectivity index (χ4n) is 2.14. The van der Waals surface area contributed by atoms with Gasteiger partial charge >= 0.3 is 5.97 Å². The predicted molar refractivity (Wildman–Crippen MR) is 82.2 cm³/mol. The molecule has 5 heteroatoms. The molecule has 1 aromatic carbocycles. The van der Waals surface area contributed by atoms with Gasteiger partial charge in [0.2, 0.25) is 0 Å². The average molecular weight is 301 g/mol. The van der Waals surface area contributed by atoms with Gasteiger partial charge in [-0.05, 0) is 42.4 Å². The number of nitrogens with two attached hydrogens (primary N) is 1. The van der Waals surface area contributed by atoms with Crippen LogP contribution in [-0.4, -0.2) is 11.1 Å². The molecule has 0 bridgehead atoms. The third-order valence-electron chi connectivity index (χ3n) is 3.37. The molecule has 4 nitrogen and oxygen atoms in total. The second kappa shape index (κ2) is 6.87. The second-order valence-electron chi connectivity index (χ2n) is 4.88. The van der Waals surface area contributed by atoms with Gasteiger partial charge in [0.25, 0.3) is 0 Å². The lowest BCUT2D eigenvalue weighted by Gasteiger charge is -2.15. The summed E-state index contributed by atoms with van der Waals surface area (Å²) in [6.07, 6.45) is 6.73. The lowest BCUT2D eigenvalue weighted by molar-refractivity contribution is 0.0697. The summed E-state index contributed by atoms with van der Waals surface area (Å²) in [6.45, 7) is 3.94. The number of aromatic carboxylic acids is 1. The lowest BCUT2D eigenvalue weighted by atomic mass is 9.92. The highest BCUT2D eigenvalue weighted by Gasteiger charge is 2.13. The number of rotatable bonds is 5. The number of carboxylic acid groups (broad SMARTS) is 1. The van der Waals surface area contributed by atoms with Crippen LogP contribution in [0.25, 0.3) is 5.76 Å². The molecular formula is C17H16FNO3. The number of benzene rings is 1. The maximum Gasteiger partial charge on any atom is 0.335 e. The first-order valence-corrected chi connectivity index (χ1v) is 6.66. The molecule has 0 aliphatic heterocycles. The molecule has 0 aromatic heterocycles. The number of allylic oxidation sites excluding steroid dienone is 6. The van der Waals surface area contributed by atoms with Crippen molar-refractivity contribution in [2.24, 2.45) is 11.8 Å². The maximum absolute atomic E-state index is 13.0. The van der Waals surface area contributed by atoms with Crippen molar-refractivity contribution in [3.05, 3.63) is 77.7 Å². The van der Waals surface area contributed by atoms with Gasteiger partial charge in [0, 0.05) is 11.5 Å². The molecule has 22 heavy (non-hydrogen) atoms. The first-order chi connectivity index (χ1) is 10.5. The van der Waals surface area contributed by atoms with Gasteiger partial charge in [-0.25, -0.2) is 9.18 Å². The van der Waals surface area contributed by atoms with E-state index in [0.29, 0.717) is 23.3 Å². The topological polar surface area (TPSA) is 72.5 Å². The van der Waals surface area contributed by atoms with Crippen LogP contribution >= 0.6 is 0 Å². The fraction of sp³-hybridized carbons (Fsp3) is 0.118. The molecule has 1 aliphatic rings. The van der Waals surface area contributed by atoms with Crippen LogP contribution < -0.4 is 5.90 Å². The van der Waals surface area contributed by atoms with E-state index >= 15 is 0 Å². The third-order valence-corrected chi connectivity index (χ3v) is 3.37. The number of halogens is 1. The Hall–Kier alpha value is -2.66. The zero-order valence-electron chi connectivity index (χ0n) is 11.8. The van der Waals surface area contributed by atoms with Crippen molar-refractivity contribution in [3.63, 3.8) is 0 Å². The molecule has 2 rings (SSSR count). The van der Waals surface area contributed by atoms with Crippen molar-refractivity contribution < 1.29 is 19.1 Å². The fourth-order valence-corrected chi connectivity index (χ4v) is 2.14. The Kier molecular flexibility index (Phi) is 4.91. The first kappa shape index (κ1) is 15.7. The lowest BCUT2D eigenvalue weighted by Crippen LogP contribution is -2.05. The Morgan fingerprint density at radius 1 is 1.45 bits per heavy atom. The van der Waals surface area contributed by atoms with E-state index in [1.165, 1.54) is 24.3 Å². The number of hydrogen-bond donors (Lipinski definition) is 2. The molecule has 0 spiro atoms. The molecule has 0 saturated carbocycles. The molecule has 1 aliphatic carbocycles. The standard InChI is InChI=1S/C17H16FNO3/c1-11(12-5-7-15(18)8-6-12)9-16(22-19)13-3-2-4-14(10-13)17(20)21/h2-5,7-10,12H,1,6,19H2,(H,20,21)/b16-9-. The number of hydrogen-bond acceptors (Lipinski definition) is 3. The molecule has 114 valence electrons. The molecule has 1 atom stereocenters. The van der Waals surface area contributed by atoms with E-state index in [9.17, 15) is 9.18 Å². The van der Waals surface area contributed by atoms with Crippen LogP contribution in [0.4, 0.5) is 4.39 Å². The van der Waals surface area contributed by atoms with E-state index in [1.807, 2.05) is 0 Å². The van der Waals surface area contributed by atoms with Crippen LogP contribution in [0.15, 0.2) is 66.5 Å². The van der Waals surface area contributed by atoms with Gasteiger partial charge < -0.3 is 9.94 Å². The van der Waals surface area contributed by atoms with E-state index in [2.05, 4.69) is 6.58 Å². The SMILES string of the molecule is C=C(/C=C(\ON)c1cccc(C(=O)O)c1)C1C=CC(F)=CC1. The van der Waals surface area contributed by atoms with Crippen LogP contribution in [0.1, 0.15) is 22.3 Å². The van der Waals surface area contributed by atoms with Gasteiger partial charge in [0.15, 0.2) is 5.76 Å². The van der Waals surface area contributed by atoms with Gasteiger partial charge in [-0.2, -0.15) is 5.90 Å². The van der Waals surface area contributed by atoms with Crippen molar-refractivity contribution in [1.29, 1.82) is 0 Å². The van der Waals surface area contributed by atoms with Crippen LogP contribution in [-0.2, 0) is 4.84 Å². The zero-order valence-corrected chi connectivity index (χ0v) is 11.8. The normalized spacial score (nSPS) is 17.8. The summed E-state index contributed by atoms with van der Waals surface area (Å²) < 4.78 is 13.0. The summed E-state index contributed by atoms with van der Waals surface area (Å²) >= 11 is 0. The maximum atomic E-state index is 13.0. The molecule has 0 amide bonds. The molecule has 3 N–H and O–H groups in total. The summed E-state index contributed by atoms with van der Waals surface area (Å²) in [5.74, 6) is 4.24. The number of carboxylic acids is 1. The largest absolute Gasteiger partial charge is 0.478 e. The smallest absolute Gasteiger partial charge is 0.335 e. The van der Waals surface area contributed by atoms with Crippen molar-refractivity contribution in [1.82, 2.24) is 0 Å². The first-order valence-electron chi connectivity index (χ1n) is 6.66. The molecule has 0 saturated heterocycles. The predicted octanol–water partition coefficient (Wildman–Crippen LogP) is 3.60. The summed E-state index contributed by atoms with van der Waals surface area (Å²) in [5.41, 5.74) is 1.36. The van der Waals surface area contributed by atoms with E-state index in [-0.39, 0.29) is 17.3 Å². The Morgan fingerprint density at radius 2 is 2.18 bits per heavy atom. The van der Waals surface area contributed by atoms with E-state index < -0.39 is 5.97 Å². The second-order valence-corrected chi connectivity index (χ2v) is 4.88. The summed E-state index contributed by atoms with van der Waals surface area (Å²) in [6, 6.07) is 6.23. The Bertz CT molecular complexity index is 689. The zero-order chi connectivity index (χ0) is 16.1. The minimum Gasteiger partial charge on any atom is -0.478 e. The van der Waals surface area contributed by atoms with E-state index in [1.54, 1.807) is 24.3 Å². The van der Waals surface area contributed by atoms with Crippen LogP contribution in [0.3, 0.4) is 0 Å². The molecule has 0 heterocycles. The van der Waals surface area contributed by atoms with Crippen LogP contribution in [0.5, 0.6) is 0 Å². The quantitative estimate of drug-likeness (QED) is 0.495. The van der Waals surface area contributed by atoms with E-state index in [0.717, 1.165) is 0 Å². The number of carbonyl (C=O) groups is 1. The van der Waals surface area contributed by atoms with Gasteiger partial charge in [0.05, 0.1) is 5.56 Å². The van der Waals surface area contributed by atoms with Crippen molar-refractivity contribution in [2.45, 2.75) is 6.42 Å². The summed E-state index contributed by atoms with van der Waals surface area (Å²) in [5, 5.41) is 9.01. The van der Waals surface area contributed by atoms with E-state index in [4.69, 9.17) is 15.8 Å². The molecule has 0 radical (unpaired) electrons. The van der Waals surface area contributed by atoms with Gasteiger partial charge in [-0.3, -0.25) is 0 Å². The summed E-state index contributed by atoms with van der Waals surface area (Å²) in [7, 11) is 0. The Labute approximate surface area is 127 Å². The molecule has 0 fully saturated rings. The Morgan fingerprint density at radius 3 is 2.77 bits per heavy atom. The minimum atomic E-state index is -1.03. The van der Waals surface area contributed by atoms with Crippen LogP contribution in [0, 0.1) is 5.92 Å². The summed E-state index contributed by atoms with van der Waals surface area (Å²) in [4.78, 5) is 15.9. The highest BCUT2D eigenvalue weighted by atomic mass is 19.1. The molecular weight excluding hydrogens is 285 g/mol. The highest BCUT2D eigenvalue weighted by Crippen LogP contribution is 2.26. The van der Waals surface area contributed by atoms with Gasteiger partial charge in [-0.1, -0.05) is 24.8 Å². The van der Waals surface area contributed by atoms with Crippen molar-refractivity contribution in [2.75, 3.05) is 0 Å². The highest BCUT2D eigenvalue weighted by molar-refractivity contribution is 5.88. The Balaban J connectivity index is 2.24. The van der Waals surface area contributed by atoms with Gasteiger partial charge in [0.1, 0.15) is 5.83 Å². The van der Waals surface area contributed by atoms with Crippen molar-refractivity contribution >= 4 is 11.7 Å². The van der Waals surface area contributed by atoms with Crippen molar-refractivity contribution in [3.8, 4) is 0 Å². The average Bonchev–Trinajstić information content (AvgIpc) is 2.53. The minimum absolute atomic E-state index is 0.0488. The van der Waals surface area contributed by atoms with Gasteiger partial charge in [-0.15, -0.1) is 0 Å².